The fourth-order valence-electron chi connectivity index (χ4n) is 3.03. The molecule has 6 nitrogen and oxygen atoms in total. The van der Waals surface area contributed by atoms with Gasteiger partial charge in [-0.2, -0.15) is 0 Å². The van der Waals surface area contributed by atoms with Gasteiger partial charge in [-0.15, -0.1) is 11.3 Å². The Morgan fingerprint density at radius 2 is 2.00 bits per heavy atom. The first-order valence-electron chi connectivity index (χ1n) is 8.91. The number of ketones is 1. The number of anilines is 1. The molecule has 0 saturated heterocycles. The van der Waals surface area contributed by atoms with Gasteiger partial charge >= 0.3 is 5.97 Å². The van der Waals surface area contributed by atoms with E-state index in [2.05, 4.69) is 5.32 Å². The minimum atomic E-state index is -0.476. The van der Waals surface area contributed by atoms with Crippen molar-refractivity contribution in [3.05, 3.63) is 51.8 Å². The van der Waals surface area contributed by atoms with Gasteiger partial charge in [0.25, 0.3) is 0 Å². The molecule has 1 aliphatic carbocycles. The zero-order valence-electron chi connectivity index (χ0n) is 15.3. The first-order chi connectivity index (χ1) is 13.0. The summed E-state index contributed by atoms with van der Waals surface area (Å²) in [7, 11) is 0. The largest absolute Gasteiger partial charge is 0.462 e. The summed E-state index contributed by atoms with van der Waals surface area (Å²) >= 11 is 1.41. The maximum atomic E-state index is 12.4. The highest BCUT2D eigenvalue weighted by atomic mass is 32.1. The molecular weight excluding hydrogens is 366 g/mol. The van der Waals surface area contributed by atoms with E-state index in [1.807, 2.05) is 0 Å². The first-order valence-corrected chi connectivity index (χ1v) is 9.72. The van der Waals surface area contributed by atoms with Gasteiger partial charge < -0.3 is 14.5 Å². The van der Waals surface area contributed by atoms with Crippen molar-refractivity contribution in [3.63, 3.8) is 0 Å². The monoisotopic (exact) mass is 387 g/mol. The fourth-order valence-corrected chi connectivity index (χ4v) is 4.31. The molecule has 0 aromatic carbocycles. The van der Waals surface area contributed by atoms with Crippen LogP contribution in [0.2, 0.25) is 0 Å². The highest BCUT2D eigenvalue weighted by molar-refractivity contribution is 7.17. The molecule has 0 spiro atoms. The van der Waals surface area contributed by atoms with Crippen molar-refractivity contribution >= 4 is 34.0 Å². The second-order valence-corrected chi connectivity index (χ2v) is 7.34. The Labute approximate surface area is 161 Å². The lowest BCUT2D eigenvalue weighted by molar-refractivity contribution is -0.111. The second kappa shape index (κ2) is 8.35. The van der Waals surface area contributed by atoms with Gasteiger partial charge in [0, 0.05) is 11.0 Å². The van der Waals surface area contributed by atoms with Crippen LogP contribution in [0.3, 0.4) is 0 Å². The molecule has 7 heteroatoms. The third kappa shape index (κ3) is 4.36. The van der Waals surface area contributed by atoms with E-state index >= 15 is 0 Å². The summed E-state index contributed by atoms with van der Waals surface area (Å²) in [6, 6.07) is 3.25. The van der Waals surface area contributed by atoms with E-state index in [0.717, 1.165) is 48.3 Å². The first kappa shape index (κ1) is 19.1. The SMILES string of the molecule is CCOC(=O)c1c(NC(=O)/C=C/C(=O)c2ccc(C)o2)sc2c1CCCC2. The van der Waals surface area contributed by atoms with Crippen LogP contribution in [0.15, 0.2) is 28.7 Å². The van der Waals surface area contributed by atoms with Crippen LogP contribution < -0.4 is 5.32 Å². The summed E-state index contributed by atoms with van der Waals surface area (Å²) in [5.41, 5.74) is 1.43. The quantitative estimate of drug-likeness (QED) is 0.458. The number of hydrogen-bond donors (Lipinski definition) is 1. The number of allylic oxidation sites excluding steroid dienone is 1. The Bertz CT molecular complexity index is 906. The molecule has 3 rings (SSSR count). The Morgan fingerprint density at radius 3 is 2.70 bits per heavy atom. The molecule has 0 saturated carbocycles. The van der Waals surface area contributed by atoms with Crippen LogP contribution in [0.5, 0.6) is 0 Å². The maximum absolute atomic E-state index is 12.4. The highest BCUT2D eigenvalue weighted by Crippen LogP contribution is 2.38. The number of carbonyl (C=O) groups excluding carboxylic acids is 3. The lowest BCUT2D eigenvalue weighted by Gasteiger charge is -2.12. The van der Waals surface area contributed by atoms with Crippen LogP contribution in [0, 0.1) is 6.92 Å². The highest BCUT2D eigenvalue weighted by Gasteiger charge is 2.26. The molecule has 0 aliphatic heterocycles. The summed E-state index contributed by atoms with van der Waals surface area (Å²) in [6.07, 6.45) is 6.09. The van der Waals surface area contributed by atoms with Gasteiger partial charge in [0.15, 0.2) is 5.76 Å². The average Bonchev–Trinajstić information content (AvgIpc) is 3.23. The maximum Gasteiger partial charge on any atom is 0.341 e. The molecule has 27 heavy (non-hydrogen) atoms. The molecular formula is C20H21NO5S. The molecule has 0 bridgehead atoms. The van der Waals surface area contributed by atoms with E-state index in [9.17, 15) is 14.4 Å². The number of rotatable bonds is 6. The van der Waals surface area contributed by atoms with E-state index in [0.29, 0.717) is 16.3 Å². The van der Waals surface area contributed by atoms with Crippen molar-refractivity contribution in [2.45, 2.75) is 39.5 Å². The van der Waals surface area contributed by atoms with Gasteiger partial charge in [-0.05, 0) is 63.3 Å². The Kier molecular flexibility index (Phi) is 5.91. The van der Waals surface area contributed by atoms with Gasteiger partial charge in [0.1, 0.15) is 10.8 Å². The Balaban J connectivity index is 1.77. The normalized spacial score (nSPS) is 13.4. The van der Waals surface area contributed by atoms with E-state index in [1.54, 1.807) is 26.0 Å². The lowest BCUT2D eigenvalue weighted by Crippen LogP contribution is -2.14. The number of fused-ring (bicyclic) bond motifs is 1. The predicted octanol–water partition coefficient (Wildman–Crippen LogP) is 4.08. The second-order valence-electron chi connectivity index (χ2n) is 6.23. The minimum absolute atomic E-state index is 0.176. The number of thiophene rings is 1. The number of amides is 1. The molecule has 2 heterocycles. The zero-order valence-corrected chi connectivity index (χ0v) is 16.1. The summed E-state index contributed by atoms with van der Waals surface area (Å²) in [5.74, 6) is -0.488. The van der Waals surface area contributed by atoms with Crippen molar-refractivity contribution in [2.75, 3.05) is 11.9 Å². The van der Waals surface area contributed by atoms with E-state index in [1.165, 1.54) is 11.3 Å². The predicted molar refractivity (Wildman–Crippen MR) is 102 cm³/mol. The van der Waals surface area contributed by atoms with Crippen LogP contribution in [0.25, 0.3) is 0 Å². The fraction of sp³-hybridized carbons (Fsp3) is 0.350. The summed E-state index contributed by atoms with van der Waals surface area (Å²) < 4.78 is 10.4. The zero-order chi connectivity index (χ0) is 19.4. The van der Waals surface area contributed by atoms with Crippen LogP contribution in [-0.4, -0.2) is 24.3 Å². The van der Waals surface area contributed by atoms with E-state index in [-0.39, 0.29) is 12.4 Å². The topological polar surface area (TPSA) is 85.6 Å². The minimum Gasteiger partial charge on any atom is -0.462 e. The number of furan rings is 1. The number of esters is 1. The van der Waals surface area contributed by atoms with Crippen molar-refractivity contribution in [2.24, 2.45) is 0 Å². The summed E-state index contributed by atoms with van der Waals surface area (Å²) in [6.45, 7) is 3.76. The smallest absolute Gasteiger partial charge is 0.341 e. The van der Waals surface area contributed by atoms with Crippen LogP contribution in [-0.2, 0) is 22.4 Å². The Morgan fingerprint density at radius 1 is 1.22 bits per heavy atom. The van der Waals surface area contributed by atoms with Crippen LogP contribution in [0.1, 0.15) is 56.9 Å². The number of ether oxygens (including phenoxy) is 1. The molecule has 2 aromatic heterocycles. The lowest BCUT2D eigenvalue weighted by atomic mass is 9.95. The number of hydrogen-bond acceptors (Lipinski definition) is 6. The number of nitrogens with one attached hydrogen (secondary N) is 1. The number of carbonyl (C=O) groups is 3. The molecule has 1 N–H and O–H groups in total. The molecule has 142 valence electrons. The molecule has 1 aliphatic rings. The third-order valence-electron chi connectivity index (χ3n) is 4.26. The van der Waals surface area contributed by atoms with Crippen molar-refractivity contribution in [3.8, 4) is 0 Å². The van der Waals surface area contributed by atoms with E-state index in [4.69, 9.17) is 9.15 Å². The van der Waals surface area contributed by atoms with Gasteiger partial charge in [-0.1, -0.05) is 0 Å². The van der Waals surface area contributed by atoms with Gasteiger partial charge in [0.2, 0.25) is 11.7 Å². The van der Waals surface area contributed by atoms with Crippen molar-refractivity contribution < 1.29 is 23.5 Å². The summed E-state index contributed by atoms with van der Waals surface area (Å²) in [5, 5.41) is 3.21. The molecule has 0 radical (unpaired) electrons. The van der Waals surface area contributed by atoms with Gasteiger partial charge in [-0.3, -0.25) is 9.59 Å². The van der Waals surface area contributed by atoms with E-state index < -0.39 is 17.7 Å². The average molecular weight is 387 g/mol. The Hall–Kier alpha value is -2.67. The molecule has 0 unspecified atom stereocenters. The molecule has 2 aromatic rings. The molecule has 0 fully saturated rings. The summed E-state index contributed by atoms with van der Waals surface area (Å²) in [4.78, 5) is 37.8. The van der Waals surface area contributed by atoms with Crippen LogP contribution >= 0.6 is 11.3 Å². The number of aryl methyl sites for hydroxylation is 2. The van der Waals surface area contributed by atoms with Gasteiger partial charge in [0.05, 0.1) is 12.2 Å². The van der Waals surface area contributed by atoms with Crippen LogP contribution in [0.4, 0.5) is 5.00 Å². The molecule has 0 atom stereocenters. The van der Waals surface area contributed by atoms with Crippen molar-refractivity contribution in [1.82, 2.24) is 0 Å². The van der Waals surface area contributed by atoms with Gasteiger partial charge in [-0.25, -0.2) is 4.79 Å². The third-order valence-corrected chi connectivity index (χ3v) is 5.46. The standard InChI is InChI=1S/C20H21NO5S/c1-3-25-20(24)18-13-6-4-5-7-16(13)27-19(18)21-17(23)11-9-14(22)15-10-8-12(2)26-15/h8-11H,3-7H2,1-2H3,(H,21,23)/b11-9+. The molecule has 1 amide bonds. The van der Waals surface area contributed by atoms with Crippen molar-refractivity contribution in [1.29, 1.82) is 0 Å².